The minimum absolute atomic E-state index is 0.732. The van der Waals surface area contributed by atoms with Crippen LogP contribution in [0.5, 0.6) is 0 Å². The van der Waals surface area contributed by atoms with Gasteiger partial charge < -0.3 is 18.3 Å². The fraction of sp³-hybridized carbons (Fsp3) is 0. The normalized spacial score (nSPS) is 12.3. The van der Waals surface area contributed by atoms with Crippen LogP contribution in [0.25, 0.3) is 165 Å². The molecule has 0 radical (unpaired) electrons. The number of hydrogen-bond acceptors (Lipinski definition) is 2. The predicted molar refractivity (Wildman–Crippen MR) is 348 cm³/mol. The van der Waals surface area contributed by atoms with Crippen molar-refractivity contribution in [2.75, 3.05) is 0 Å². The van der Waals surface area contributed by atoms with E-state index in [1.807, 2.05) is 12.4 Å². The van der Waals surface area contributed by atoms with E-state index in [0.717, 1.165) is 78.0 Å². The highest BCUT2D eigenvalue weighted by molar-refractivity contribution is 6.16. The molecule has 0 unspecified atom stereocenters. The molecule has 19 aromatic rings. The van der Waals surface area contributed by atoms with Crippen molar-refractivity contribution in [3.05, 3.63) is 279 Å². The van der Waals surface area contributed by atoms with Crippen LogP contribution in [-0.2, 0) is 0 Å². The van der Waals surface area contributed by atoms with Gasteiger partial charge in [0.25, 0.3) is 0 Å². The summed E-state index contributed by atoms with van der Waals surface area (Å²) in [6, 6.07) is 97.3. The Morgan fingerprint density at radius 3 is 0.536 bits per heavy atom. The lowest BCUT2D eigenvalue weighted by molar-refractivity contribution is 0.988. The van der Waals surface area contributed by atoms with E-state index in [2.05, 4.69) is 294 Å². The SMILES string of the molecule is c1ccc2c(c1)c1ccccc1n2-c1ccc2c(c1)c1cc(-n3c4ccccc4c4ccccc43)ccc1n2-c1cnc(-n2c3ccc(-n4c5ccccc5c5ccccc54)cc3c3cc(-n4c5ccccc5c5ccccc54)ccc32)cn1. The maximum Gasteiger partial charge on any atom is 0.156 e. The summed E-state index contributed by atoms with van der Waals surface area (Å²) < 4.78 is 14.2. The Kier molecular flexibility index (Phi) is 9.18. The van der Waals surface area contributed by atoms with E-state index in [0.29, 0.717) is 0 Å². The van der Waals surface area contributed by atoms with Gasteiger partial charge in [-0.25, -0.2) is 9.97 Å². The van der Waals surface area contributed by atoms with Crippen molar-refractivity contribution in [3.8, 4) is 34.4 Å². The van der Waals surface area contributed by atoms with E-state index in [1.54, 1.807) is 0 Å². The van der Waals surface area contributed by atoms with E-state index >= 15 is 0 Å². The van der Waals surface area contributed by atoms with Gasteiger partial charge in [-0.1, -0.05) is 146 Å². The molecule has 0 fully saturated rings. The summed E-state index contributed by atoms with van der Waals surface area (Å²) in [5.74, 6) is 1.46. The summed E-state index contributed by atoms with van der Waals surface area (Å²) in [5.41, 5.74) is 17.9. The molecule has 0 amide bonds. The topological polar surface area (TPSA) is 55.4 Å². The number of para-hydroxylation sites is 8. The van der Waals surface area contributed by atoms with Gasteiger partial charge in [0, 0.05) is 87.4 Å². The second kappa shape index (κ2) is 17.0. The zero-order chi connectivity index (χ0) is 54.7. The van der Waals surface area contributed by atoms with E-state index < -0.39 is 0 Å². The lowest BCUT2D eigenvalue weighted by Crippen LogP contribution is -2.03. The van der Waals surface area contributed by atoms with Crippen molar-refractivity contribution in [2.24, 2.45) is 0 Å². The summed E-state index contributed by atoms with van der Waals surface area (Å²) in [6.45, 7) is 0. The molecule has 0 bridgehead atoms. The number of rotatable bonds is 6. The second-order valence-corrected chi connectivity index (χ2v) is 22.2. The first-order chi connectivity index (χ1) is 41.7. The summed E-state index contributed by atoms with van der Waals surface area (Å²) in [6.07, 6.45) is 3.90. The van der Waals surface area contributed by atoms with Crippen molar-refractivity contribution in [1.29, 1.82) is 0 Å². The maximum absolute atomic E-state index is 5.41. The van der Waals surface area contributed by atoms with Crippen molar-refractivity contribution >= 4 is 131 Å². The molecule has 0 saturated heterocycles. The monoisotopic (exact) mass is 1070 g/mol. The van der Waals surface area contributed by atoms with Gasteiger partial charge in [0.2, 0.25) is 0 Å². The first-order valence-corrected chi connectivity index (χ1v) is 28.6. The Bertz CT molecular complexity index is 5070. The predicted octanol–water partition coefficient (Wildman–Crippen LogP) is 19.1. The quantitative estimate of drug-likeness (QED) is 0.167. The third-order valence-corrected chi connectivity index (χ3v) is 17.9. The van der Waals surface area contributed by atoms with Crippen molar-refractivity contribution < 1.29 is 0 Å². The molecular formula is C76H46N8. The second-order valence-electron chi connectivity index (χ2n) is 22.2. The number of nitrogens with zero attached hydrogens (tertiary/aromatic N) is 8. The first-order valence-electron chi connectivity index (χ1n) is 28.6. The molecule has 0 aliphatic rings. The summed E-state index contributed by atoms with van der Waals surface area (Å²) in [4.78, 5) is 10.8. The van der Waals surface area contributed by atoms with Crippen molar-refractivity contribution in [2.45, 2.75) is 0 Å². The van der Waals surface area contributed by atoms with Crippen molar-refractivity contribution in [1.82, 2.24) is 37.4 Å². The molecule has 8 heteroatoms. The van der Waals surface area contributed by atoms with Gasteiger partial charge in [-0.15, -0.1) is 0 Å². The van der Waals surface area contributed by atoms with Gasteiger partial charge in [-0.05, 0) is 121 Å². The molecule has 7 heterocycles. The standard InChI is InChI=1S/C76H46N8/c1-9-25-63-51(17-1)52-18-2-10-26-64(52)79(63)47-33-37-71-59(41-47)60-42-48(80-65-27-11-3-19-53(65)54-20-4-12-28-66(54)80)34-38-72(60)83(71)75-45-78-76(46-77-75)84-73-39-35-49(81-67-29-13-5-21-55(67)56-22-6-14-30-68(56)81)43-61(73)62-44-50(36-40-74(62)84)82-69-31-15-7-23-57(69)58-24-8-16-32-70(58)82/h1-46H. The van der Waals surface area contributed by atoms with Crippen LogP contribution in [0.1, 0.15) is 0 Å². The van der Waals surface area contributed by atoms with Crippen LogP contribution in [0, 0.1) is 0 Å². The highest BCUT2D eigenvalue weighted by Gasteiger charge is 2.23. The van der Waals surface area contributed by atoms with Crippen LogP contribution >= 0.6 is 0 Å². The smallest absolute Gasteiger partial charge is 0.156 e. The zero-order valence-electron chi connectivity index (χ0n) is 45.1. The summed E-state index contributed by atoms with van der Waals surface area (Å²) in [5, 5.41) is 14.3. The van der Waals surface area contributed by atoms with E-state index in [-0.39, 0.29) is 0 Å². The van der Waals surface area contributed by atoms with Gasteiger partial charge in [0.15, 0.2) is 11.6 Å². The molecule has 0 saturated carbocycles. The maximum atomic E-state index is 5.41. The Morgan fingerprint density at radius 1 is 0.167 bits per heavy atom. The average molecular weight is 1070 g/mol. The Hall–Kier alpha value is -11.5. The fourth-order valence-electron chi connectivity index (χ4n) is 14.4. The van der Waals surface area contributed by atoms with E-state index in [1.165, 1.54) is 87.2 Å². The number of benzene rings is 12. The lowest BCUT2D eigenvalue weighted by Gasteiger charge is -2.12. The number of fused-ring (bicyclic) bond motifs is 18. The van der Waals surface area contributed by atoms with E-state index in [4.69, 9.17) is 9.97 Å². The summed E-state index contributed by atoms with van der Waals surface area (Å²) in [7, 11) is 0. The fourth-order valence-corrected chi connectivity index (χ4v) is 14.4. The van der Waals surface area contributed by atoms with Gasteiger partial charge in [0.05, 0.1) is 78.6 Å². The van der Waals surface area contributed by atoms with Crippen LogP contribution in [-0.4, -0.2) is 37.4 Å². The minimum atomic E-state index is 0.732. The van der Waals surface area contributed by atoms with Crippen LogP contribution in [0.3, 0.4) is 0 Å². The Balaban J connectivity index is 0.823. The van der Waals surface area contributed by atoms with Crippen LogP contribution < -0.4 is 0 Å². The number of hydrogen-bond donors (Lipinski definition) is 0. The highest BCUT2D eigenvalue weighted by Crippen LogP contribution is 2.42. The third kappa shape index (κ3) is 6.20. The van der Waals surface area contributed by atoms with Gasteiger partial charge >= 0.3 is 0 Å². The van der Waals surface area contributed by atoms with Gasteiger partial charge in [-0.2, -0.15) is 0 Å². The minimum Gasteiger partial charge on any atom is -0.309 e. The molecule has 0 atom stereocenters. The summed E-state index contributed by atoms with van der Waals surface area (Å²) >= 11 is 0. The molecule has 0 spiro atoms. The third-order valence-electron chi connectivity index (χ3n) is 17.9. The van der Waals surface area contributed by atoms with Crippen LogP contribution in [0.15, 0.2) is 279 Å². The van der Waals surface area contributed by atoms with Crippen LogP contribution in [0.2, 0.25) is 0 Å². The van der Waals surface area contributed by atoms with Crippen LogP contribution in [0.4, 0.5) is 0 Å². The number of aromatic nitrogens is 8. The lowest BCUT2D eigenvalue weighted by atomic mass is 10.1. The molecule has 19 rings (SSSR count). The molecule has 0 N–H and O–H groups in total. The molecule has 0 aliphatic carbocycles. The average Bonchev–Trinajstić information content (AvgIpc) is 3.39. The van der Waals surface area contributed by atoms with Gasteiger partial charge in [-0.3, -0.25) is 9.13 Å². The largest absolute Gasteiger partial charge is 0.309 e. The first kappa shape index (κ1) is 45.3. The molecule has 84 heavy (non-hydrogen) atoms. The Labute approximate surface area is 479 Å². The van der Waals surface area contributed by atoms with Crippen molar-refractivity contribution in [3.63, 3.8) is 0 Å². The molecule has 390 valence electrons. The molecule has 8 nitrogen and oxygen atoms in total. The molecular weight excluding hydrogens is 1020 g/mol. The zero-order valence-corrected chi connectivity index (χ0v) is 45.1. The highest BCUT2D eigenvalue weighted by atomic mass is 15.1. The molecule has 7 aromatic heterocycles. The van der Waals surface area contributed by atoms with Gasteiger partial charge in [0.1, 0.15) is 0 Å². The molecule has 0 aliphatic heterocycles. The molecule has 12 aromatic carbocycles. The Morgan fingerprint density at radius 2 is 0.345 bits per heavy atom. The van der Waals surface area contributed by atoms with E-state index in [9.17, 15) is 0 Å².